The standard InChI is InChI=1S/C48H94O11/c1-3-5-7-9-11-13-15-17-19-21-23-25-27-29-31-33-35-38(34-32-30-28-26-24-22-20-18-16-14-12-10-8-6-4-2)56-47-45(55)43(53)46(40(37-50)58-47)59-48-44(54)42(52)41(51)39(36-49)57-48/h38-55H,3-37H2,1-2H3. The average Bonchev–Trinajstić information content (AvgIpc) is 3.24. The summed E-state index contributed by atoms with van der Waals surface area (Å²) in [6.07, 6.45) is 27.3. The molecule has 11 atom stereocenters. The summed E-state index contributed by atoms with van der Waals surface area (Å²) in [6, 6.07) is 0. The third-order valence-corrected chi connectivity index (χ3v) is 12.8. The van der Waals surface area contributed by atoms with E-state index in [0.717, 1.165) is 38.5 Å². The zero-order valence-corrected chi connectivity index (χ0v) is 37.9. The molecule has 2 aliphatic rings. The van der Waals surface area contributed by atoms with Crippen LogP contribution in [0.25, 0.3) is 0 Å². The van der Waals surface area contributed by atoms with E-state index in [0.29, 0.717) is 0 Å². The van der Waals surface area contributed by atoms with Crippen LogP contribution >= 0.6 is 0 Å². The highest BCUT2D eigenvalue weighted by atomic mass is 16.7. The molecule has 0 saturated carbocycles. The molecule has 11 heteroatoms. The normalized spacial score (nSPS) is 28.0. The van der Waals surface area contributed by atoms with Gasteiger partial charge in [0, 0.05) is 0 Å². The molecule has 59 heavy (non-hydrogen) atoms. The van der Waals surface area contributed by atoms with Crippen LogP contribution in [0.1, 0.15) is 226 Å². The van der Waals surface area contributed by atoms with E-state index in [2.05, 4.69) is 13.8 Å². The molecule has 0 aliphatic carbocycles. The Kier molecular flexibility index (Phi) is 33.3. The van der Waals surface area contributed by atoms with Gasteiger partial charge in [-0.15, -0.1) is 0 Å². The van der Waals surface area contributed by atoms with E-state index < -0.39 is 74.6 Å². The molecule has 0 bridgehead atoms. The van der Waals surface area contributed by atoms with Crippen LogP contribution in [0.15, 0.2) is 0 Å². The topological polar surface area (TPSA) is 179 Å². The van der Waals surface area contributed by atoms with E-state index in [1.807, 2.05) is 0 Å². The first-order valence-corrected chi connectivity index (χ1v) is 25.0. The quantitative estimate of drug-likeness (QED) is 0.0294. The minimum atomic E-state index is -1.70. The first-order valence-electron chi connectivity index (χ1n) is 25.0. The summed E-state index contributed by atoms with van der Waals surface area (Å²) in [5, 5.41) is 73.0. The summed E-state index contributed by atoms with van der Waals surface area (Å²) in [6.45, 7) is 3.32. The minimum Gasteiger partial charge on any atom is -0.394 e. The molecule has 2 saturated heterocycles. The Morgan fingerprint density at radius 3 is 1.05 bits per heavy atom. The monoisotopic (exact) mass is 847 g/mol. The van der Waals surface area contributed by atoms with E-state index in [1.165, 1.54) is 173 Å². The van der Waals surface area contributed by atoms with Crippen molar-refractivity contribution in [3.63, 3.8) is 0 Å². The first-order chi connectivity index (χ1) is 28.8. The summed E-state index contributed by atoms with van der Waals surface area (Å²) in [5.41, 5.74) is 0. The number of rotatable bonds is 39. The molecule has 7 N–H and O–H groups in total. The van der Waals surface area contributed by atoms with Crippen molar-refractivity contribution in [2.75, 3.05) is 13.2 Å². The molecule has 0 aromatic heterocycles. The summed E-state index contributed by atoms with van der Waals surface area (Å²) >= 11 is 0. The summed E-state index contributed by atoms with van der Waals surface area (Å²) < 4.78 is 23.6. The molecule has 2 fully saturated rings. The lowest BCUT2D eigenvalue weighted by molar-refractivity contribution is -0.363. The number of aliphatic hydroxyl groups excluding tert-OH is 7. The Morgan fingerprint density at radius 2 is 0.695 bits per heavy atom. The molecule has 2 heterocycles. The van der Waals surface area contributed by atoms with Gasteiger partial charge in [-0.2, -0.15) is 0 Å². The predicted molar refractivity (Wildman–Crippen MR) is 235 cm³/mol. The van der Waals surface area contributed by atoms with Crippen LogP contribution in [0, 0.1) is 0 Å². The molecule has 11 nitrogen and oxygen atoms in total. The van der Waals surface area contributed by atoms with Crippen molar-refractivity contribution in [1.29, 1.82) is 0 Å². The molecular weight excluding hydrogens is 753 g/mol. The number of hydrogen-bond acceptors (Lipinski definition) is 11. The second-order valence-electron chi connectivity index (χ2n) is 18.1. The van der Waals surface area contributed by atoms with Crippen LogP contribution in [0.3, 0.4) is 0 Å². The Balaban J connectivity index is 1.77. The van der Waals surface area contributed by atoms with Crippen LogP contribution < -0.4 is 0 Å². The molecule has 0 aromatic rings. The van der Waals surface area contributed by atoms with Crippen molar-refractivity contribution in [2.45, 2.75) is 293 Å². The average molecular weight is 847 g/mol. The van der Waals surface area contributed by atoms with Crippen LogP contribution in [-0.2, 0) is 18.9 Å². The van der Waals surface area contributed by atoms with Gasteiger partial charge in [0.2, 0.25) is 0 Å². The Labute approximate surface area is 360 Å². The number of aliphatic hydroxyl groups is 7. The Bertz CT molecular complexity index is 925. The number of ether oxygens (including phenoxy) is 4. The molecule has 2 rings (SSSR count). The molecule has 2 aliphatic heterocycles. The molecule has 0 amide bonds. The van der Waals surface area contributed by atoms with Gasteiger partial charge in [0.25, 0.3) is 0 Å². The fourth-order valence-corrected chi connectivity index (χ4v) is 8.80. The lowest BCUT2D eigenvalue weighted by Crippen LogP contribution is -2.64. The van der Waals surface area contributed by atoms with Crippen molar-refractivity contribution < 1.29 is 54.7 Å². The second kappa shape index (κ2) is 36.0. The maximum Gasteiger partial charge on any atom is 0.187 e. The van der Waals surface area contributed by atoms with E-state index >= 15 is 0 Å². The van der Waals surface area contributed by atoms with Gasteiger partial charge in [0.05, 0.1) is 19.3 Å². The Morgan fingerprint density at radius 1 is 0.373 bits per heavy atom. The van der Waals surface area contributed by atoms with Gasteiger partial charge >= 0.3 is 0 Å². The van der Waals surface area contributed by atoms with Gasteiger partial charge in [-0.3, -0.25) is 0 Å². The lowest BCUT2D eigenvalue weighted by atomic mass is 9.96. The predicted octanol–water partition coefficient (Wildman–Crippen LogP) is 8.91. The second-order valence-corrected chi connectivity index (χ2v) is 18.1. The summed E-state index contributed by atoms with van der Waals surface area (Å²) in [4.78, 5) is 0. The van der Waals surface area contributed by atoms with Gasteiger partial charge in [-0.25, -0.2) is 0 Å². The fourth-order valence-electron chi connectivity index (χ4n) is 8.80. The van der Waals surface area contributed by atoms with E-state index in [-0.39, 0.29) is 6.10 Å². The lowest BCUT2D eigenvalue weighted by Gasteiger charge is -2.46. The van der Waals surface area contributed by atoms with E-state index in [9.17, 15) is 35.7 Å². The highest BCUT2D eigenvalue weighted by Gasteiger charge is 2.51. The van der Waals surface area contributed by atoms with Crippen LogP contribution in [0.2, 0.25) is 0 Å². The number of hydrogen-bond donors (Lipinski definition) is 7. The minimum absolute atomic E-state index is 0.183. The van der Waals surface area contributed by atoms with Gasteiger partial charge in [0.1, 0.15) is 48.8 Å². The highest BCUT2D eigenvalue weighted by Crippen LogP contribution is 2.31. The Hall–Kier alpha value is -0.440. The zero-order valence-electron chi connectivity index (χ0n) is 37.9. The van der Waals surface area contributed by atoms with Crippen LogP contribution in [0.5, 0.6) is 0 Å². The van der Waals surface area contributed by atoms with Crippen molar-refractivity contribution in [3.05, 3.63) is 0 Å². The zero-order chi connectivity index (χ0) is 42.9. The van der Waals surface area contributed by atoms with Crippen LogP contribution in [0.4, 0.5) is 0 Å². The van der Waals surface area contributed by atoms with E-state index in [1.54, 1.807) is 0 Å². The third kappa shape index (κ3) is 23.7. The number of unbranched alkanes of at least 4 members (excludes halogenated alkanes) is 29. The smallest absolute Gasteiger partial charge is 0.187 e. The first kappa shape index (κ1) is 54.7. The van der Waals surface area contributed by atoms with Gasteiger partial charge < -0.3 is 54.7 Å². The fraction of sp³-hybridized carbons (Fsp3) is 1.00. The molecule has 0 aromatic carbocycles. The van der Waals surface area contributed by atoms with Crippen molar-refractivity contribution in [1.82, 2.24) is 0 Å². The SMILES string of the molecule is CCCCCCCCCCCCCCCCCCC(CCCCCCCCCCCCCCCCC)OC1OC(CO)C(OC2OC(CO)C(O)C(O)C2O)C(O)C1O. The summed E-state index contributed by atoms with van der Waals surface area (Å²) in [7, 11) is 0. The van der Waals surface area contributed by atoms with Gasteiger partial charge in [-0.05, 0) is 12.8 Å². The largest absolute Gasteiger partial charge is 0.394 e. The molecule has 11 unspecified atom stereocenters. The van der Waals surface area contributed by atoms with Gasteiger partial charge in [-0.1, -0.05) is 213 Å². The van der Waals surface area contributed by atoms with Gasteiger partial charge in [0.15, 0.2) is 12.6 Å². The maximum atomic E-state index is 11.2. The molecular formula is C48H94O11. The maximum absolute atomic E-state index is 11.2. The molecule has 352 valence electrons. The van der Waals surface area contributed by atoms with Crippen molar-refractivity contribution >= 4 is 0 Å². The highest BCUT2D eigenvalue weighted by molar-refractivity contribution is 4.94. The summed E-state index contributed by atoms with van der Waals surface area (Å²) in [5.74, 6) is 0. The van der Waals surface area contributed by atoms with Crippen LogP contribution in [-0.4, -0.2) is 116 Å². The van der Waals surface area contributed by atoms with Crippen molar-refractivity contribution in [2.24, 2.45) is 0 Å². The van der Waals surface area contributed by atoms with E-state index in [4.69, 9.17) is 18.9 Å². The van der Waals surface area contributed by atoms with Crippen molar-refractivity contribution in [3.8, 4) is 0 Å². The third-order valence-electron chi connectivity index (χ3n) is 12.8. The molecule has 0 radical (unpaired) electrons. The molecule has 0 spiro atoms.